The van der Waals surface area contributed by atoms with Crippen molar-refractivity contribution < 1.29 is 9.84 Å². The molecule has 0 bridgehead atoms. The van der Waals surface area contributed by atoms with Crippen LogP contribution in [0.3, 0.4) is 0 Å². The van der Waals surface area contributed by atoms with Crippen LogP contribution >= 0.6 is 27.5 Å². The fraction of sp³-hybridized carbons (Fsp3) is 0.412. The molecule has 25 heavy (non-hydrogen) atoms. The van der Waals surface area contributed by atoms with Crippen LogP contribution in [0.4, 0.5) is 17.5 Å². The van der Waals surface area contributed by atoms with Gasteiger partial charge in [0.2, 0.25) is 5.95 Å². The Kier molecular flexibility index (Phi) is 6.11. The lowest BCUT2D eigenvalue weighted by molar-refractivity contribution is 0.0875. The molecule has 1 fully saturated rings. The van der Waals surface area contributed by atoms with E-state index in [4.69, 9.17) is 16.3 Å². The lowest BCUT2D eigenvalue weighted by Gasteiger charge is -2.24. The van der Waals surface area contributed by atoms with Gasteiger partial charge in [0.25, 0.3) is 0 Å². The fourth-order valence-electron chi connectivity index (χ4n) is 2.66. The van der Waals surface area contributed by atoms with Crippen LogP contribution in [0.25, 0.3) is 0 Å². The summed E-state index contributed by atoms with van der Waals surface area (Å²) in [6.07, 6.45) is 3.89. The van der Waals surface area contributed by atoms with E-state index < -0.39 is 0 Å². The molecule has 3 N–H and O–H groups in total. The van der Waals surface area contributed by atoms with Crippen molar-refractivity contribution in [1.82, 2.24) is 9.97 Å². The summed E-state index contributed by atoms with van der Waals surface area (Å²) in [5.74, 6) is 1.26. The summed E-state index contributed by atoms with van der Waals surface area (Å²) in [4.78, 5) is 8.89. The van der Waals surface area contributed by atoms with Crippen molar-refractivity contribution in [2.24, 2.45) is 0 Å². The lowest BCUT2D eigenvalue weighted by Crippen LogP contribution is -2.30. The van der Waals surface area contributed by atoms with Gasteiger partial charge in [0.1, 0.15) is 5.82 Å². The summed E-state index contributed by atoms with van der Waals surface area (Å²) in [6, 6.07) is 3.83. The number of aliphatic hydroxyl groups is 1. The second-order valence-electron chi connectivity index (χ2n) is 6.00. The van der Waals surface area contributed by atoms with Gasteiger partial charge < -0.3 is 20.5 Å². The van der Waals surface area contributed by atoms with Crippen molar-refractivity contribution in [2.45, 2.75) is 32.4 Å². The molecule has 3 rings (SSSR count). The summed E-state index contributed by atoms with van der Waals surface area (Å²) in [6.45, 7) is 3.37. The Balaban J connectivity index is 1.79. The Hall–Kier alpha value is -1.41. The van der Waals surface area contributed by atoms with Gasteiger partial charge in [-0.1, -0.05) is 11.6 Å². The Bertz CT molecular complexity index is 754. The number of rotatable bonds is 5. The smallest absolute Gasteiger partial charge is 0.229 e. The van der Waals surface area contributed by atoms with E-state index in [1.807, 2.05) is 6.92 Å². The molecule has 2 heterocycles. The number of anilines is 3. The number of nitrogens with one attached hydrogen (secondary N) is 2. The molecular weight excluding hydrogens is 408 g/mol. The number of benzene rings is 1. The van der Waals surface area contributed by atoms with Crippen LogP contribution in [0.1, 0.15) is 24.0 Å². The zero-order valence-corrected chi connectivity index (χ0v) is 16.2. The third-order valence-corrected chi connectivity index (χ3v) is 5.47. The number of aryl methyl sites for hydroxylation is 1. The second kappa shape index (κ2) is 8.31. The summed E-state index contributed by atoms with van der Waals surface area (Å²) in [7, 11) is 0. The number of hydrogen-bond donors (Lipinski definition) is 3. The number of aliphatic hydroxyl groups excluding tert-OH is 1. The third kappa shape index (κ3) is 4.61. The van der Waals surface area contributed by atoms with Crippen molar-refractivity contribution in [3.8, 4) is 0 Å². The van der Waals surface area contributed by atoms with Crippen LogP contribution in [0.15, 0.2) is 22.8 Å². The summed E-state index contributed by atoms with van der Waals surface area (Å²) < 4.78 is 6.19. The SMILES string of the molecule is Cc1cnc(Nc2cc(Cl)c(Br)c(CO)c2)nc1N[C@@H]1CCCOC1. The Morgan fingerprint density at radius 2 is 2.28 bits per heavy atom. The van der Waals surface area contributed by atoms with E-state index in [9.17, 15) is 5.11 Å². The minimum absolute atomic E-state index is 0.112. The summed E-state index contributed by atoms with van der Waals surface area (Å²) in [5, 5.41) is 16.5. The molecular formula is C17H20BrClN4O2. The van der Waals surface area contributed by atoms with Crippen LogP contribution in [-0.4, -0.2) is 34.3 Å². The Morgan fingerprint density at radius 3 is 3.00 bits per heavy atom. The maximum atomic E-state index is 9.43. The zero-order chi connectivity index (χ0) is 17.8. The van der Waals surface area contributed by atoms with Crippen LogP contribution in [-0.2, 0) is 11.3 Å². The monoisotopic (exact) mass is 426 g/mol. The average molecular weight is 428 g/mol. The van der Waals surface area contributed by atoms with E-state index in [0.717, 1.165) is 30.8 Å². The van der Waals surface area contributed by atoms with Gasteiger partial charge in [-0.2, -0.15) is 4.98 Å². The molecule has 0 radical (unpaired) electrons. The molecule has 0 amide bonds. The van der Waals surface area contributed by atoms with E-state index in [0.29, 0.717) is 33.3 Å². The quantitative estimate of drug-likeness (QED) is 0.669. The first-order valence-corrected chi connectivity index (χ1v) is 9.27. The molecule has 1 aromatic heterocycles. The van der Waals surface area contributed by atoms with E-state index >= 15 is 0 Å². The van der Waals surface area contributed by atoms with Crippen molar-refractivity contribution in [1.29, 1.82) is 0 Å². The van der Waals surface area contributed by atoms with Gasteiger partial charge in [0, 0.05) is 28.5 Å². The predicted molar refractivity (Wildman–Crippen MR) is 103 cm³/mol. The van der Waals surface area contributed by atoms with Gasteiger partial charge in [-0.05, 0) is 53.4 Å². The lowest BCUT2D eigenvalue weighted by atomic mass is 10.1. The molecule has 1 aliphatic rings. The maximum Gasteiger partial charge on any atom is 0.229 e. The van der Waals surface area contributed by atoms with E-state index in [1.54, 1.807) is 18.3 Å². The van der Waals surface area contributed by atoms with Crippen LogP contribution in [0.5, 0.6) is 0 Å². The molecule has 0 unspecified atom stereocenters. The molecule has 1 atom stereocenters. The van der Waals surface area contributed by atoms with Crippen LogP contribution in [0.2, 0.25) is 5.02 Å². The first-order valence-electron chi connectivity index (χ1n) is 8.10. The van der Waals surface area contributed by atoms with E-state index in [-0.39, 0.29) is 12.6 Å². The van der Waals surface area contributed by atoms with Gasteiger partial charge in [-0.25, -0.2) is 4.98 Å². The van der Waals surface area contributed by atoms with Gasteiger partial charge in [0.05, 0.1) is 24.3 Å². The Labute approximate surface area is 160 Å². The number of nitrogens with zero attached hydrogens (tertiary/aromatic N) is 2. The highest BCUT2D eigenvalue weighted by Gasteiger charge is 2.16. The van der Waals surface area contributed by atoms with Gasteiger partial charge >= 0.3 is 0 Å². The topological polar surface area (TPSA) is 79.3 Å². The van der Waals surface area contributed by atoms with Crippen molar-refractivity contribution in [3.05, 3.63) is 39.0 Å². The molecule has 1 aliphatic heterocycles. The van der Waals surface area contributed by atoms with Gasteiger partial charge in [-0.3, -0.25) is 0 Å². The minimum atomic E-state index is -0.112. The van der Waals surface area contributed by atoms with Crippen LogP contribution < -0.4 is 10.6 Å². The average Bonchev–Trinajstić information content (AvgIpc) is 2.61. The number of hydrogen-bond acceptors (Lipinski definition) is 6. The van der Waals surface area contributed by atoms with Crippen molar-refractivity contribution >= 4 is 45.0 Å². The van der Waals surface area contributed by atoms with Gasteiger partial charge in [-0.15, -0.1) is 0 Å². The number of halogens is 2. The molecule has 2 aromatic rings. The van der Waals surface area contributed by atoms with E-state index in [2.05, 4.69) is 36.5 Å². The maximum absolute atomic E-state index is 9.43. The minimum Gasteiger partial charge on any atom is -0.392 e. The van der Waals surface area contributed by atoms with Gasteiger partial charge in [0.15, 0.2) is 0 Å². The first-order chi connectivity index (χ1) is 12.1. The molecule has 0 spiro atoms. The molecule has 0 saturated carbocycles. The fourth-order valence-corrected chi connectivity index (χ4v) is 3.25. The molecule has 1 aromatic carbocycles. The highest BCUT2D eigenvalue weighted by atomic mass is 79.9. The summed E-state index contributed by atoms with van der Waals surface area (Å²) >= 11 is 9.55. The second-order valence-corrected chi connectivity index (χ2v) is 7.20. The highest BCUT2D eigenvalue weighted by Crippen LogP contribution is 2.31. The predicted octanol–water partition coefficient (Wildman–Crippen LogP) is 4.03. The number of aromatic nitrogens is 2. The summed E-state index contributed by atoms with van der Waals surface area (Å²) in [5.41, 5.74) is 2.38. The van der Waals surface area contributed by atoms with Crippen molar-refractivity contribution in [2.75, 3.05) is 23.8 Å². The molecule has 1 saturated heterocycles. The molecule has 134 valence electrons. The Morgan fingerprint density at radius 1 is 1.44 bits per heavy atom. The molecule has 8 heteroatoms. The van der Waals surface area contributed by atoms with Crippen molar-refractivity contribution in [3.63, 3.8) is 0 Å². The first kappa shape index (κ1) is 18.4. The number of ether oxygens (including phenoxy) is 1. The largest absolute Gasteiger partial charge is 0.392 e. The zero-order valence-electron chi connectivity index (χ0n) is 13.9. The third-order valence-electron chi connectivity index (χ3n) is 4.00. The van der Waals surface area contributed by atoms with E-state index in [1.165, 1.54) is 0 Å². The molecule has 6 nitrogen and oxygen atoms in total. The standard InChI is InChI=1S/C17H20BrClN4O2/c1-10-7-20-17(23-16(10)21-12-3-2-4-25-9-12)22-13-5-11(8-24)15(18)14(19)6-13/h5-7,12,24H,2-4,8-9H2,1H3,(H2,20,21,22,23)/t12-/m1/s1. The normalized spacial score (nSPS) is 17.4. The molecule has 0 aliphatic carbocycles. The highest BCUT2D eigenvalue weighted by molar-refractivity contribution is 9.10. The van der Waals surface area contributed by atoms with Crippen LogP contribution in [0, 0.1) is 6.92 Å².